The number of unbranched alkanes of at least 4 members (excludes halogenated alkanes) is 1. The molecule has 0 aromatic carbocycles. The average molecular weight is 579 g/mol. The van der Waals surface area contributed by atoms with Crippen molar-refractivity contribution in [3.8, 4) is 0 Å². The van der Waals surface area contributed by atoms with Gasteiger partial charge >= 0.3 is 5.97 Å². The van der Waals surface area contributed by atoms with E-state index in [-0.39, 0.29) is 64.2 Å². The number of hydroxylamine groups is 2. The fraction of sp³-hybridized carbons (Fsp3) is 0.833. The number of amides is 3. The van der Waals surface area contributed by atoms with E-state index in [1.54, 1.807) is 0 Å². The van der Waals surface area contributed by atoms with Crippen LogP contribution in [0.5, 0.6) is 0 Å². The second kappa shape index (κ2) is 15.6. The molecule has 3 saturated heterocycles. The normalized spacial score (nSPS) is 32.8. The van der Waals surface area contributed by atoms with E-state index in [1.807, 2.05) is 0 Å². The summed E-state index contributed by atoms with van der Waals surface area (Å²) in [6.45, 7) is -0.693. The van der Waals surface area contributed by atoms with E-state index in [0.29, 0.717) is 17.9 Å². The summed E-state index contributed by atoms with van der Waals surface area (Å²) < 4.78 is 22.4. The molecule has 0 radical (unpaired) electrons. The Morgan fingerprint density at radius 2 is 1.62 bits per heavy atom. The van der Waals surface area contributed by atoms with Gasteiger partial charge in [-0.2, -0.15) is 0 Å². The third kappa shape index (κ3) is 9.12. The van der Waals surface area contributed by atoms with Gasteiger partial charge in [-0.15, -0.1) is 5.06 Å². The highest BCUT2D eigenvalue weighted by Gasteiger charge is 2.45. The van der Waals surface area contributed by atoms with Crippen molar-refractivity contribution in [3.05, 3.63) is 0 Å². The molecule has 3 rings (SSSR count). The number of carbonyl (C=O) groups is 4. The van der Waals surface area contributed by atoms with Gasteiger partial charge in [-0.25, -0.2) is 4.79 Å². The number of aliphatic hydroxyl groups is 5. The van der Waals surface area contributed by atoms with Crippen LogP contribution in [-0.4, -0.2) is 130 Å². The molecule has 0 saturated carbocycles. The molecule has 3 fully saturated rings. The summed E-state index contributed by atoms with van der Waals surface area (Å²) in [5.41, 5.74) is 0. The van der Waals surface area contributed by atoms with Gasteiger partial charge in [0.2, 0.25) is 5.91 Å². The monoisotopic (exact) mass is 578 g/mol. The lowest BCUT2D eigenvalue weighted by atomic mass is 9.99. The van der Waals surface area contributed by atoms with Gasteiger partial charge in [0.15, 0.2) is 12.6 Å². The van der Waals surface area contributed by atoms with Crippen LogP contribution in [0.3, 0.4) is 0 Å². The first-order valence-corrected chi connectivity index (χ1v) is 13.3. The van der Waals surface area contributed by atoms with E-state index < -0.39 is 73.6 Å². The van der Waals surface area contributed by atoms with Crippen LogP contribution in [0.2, 0.25) is 0 Å². The average Bonchev–Trinajstić information content (AvgIpc) is 3.25. The Hall–Kier alpha value is -2.28. The van der Waals surface area contributed by atoms with Crippen LogP contribution in [0, 0.1) is 0 Å². The molecule has 16 heteroatoms. The minimum absolute atomic E-state index is 0.0153. The maximum absolute atomic E-state index is 12.0. The number of hydrogen-bond donors (Lipinski definition) is 6. The Morgan fingerprint density at radius 1 is 0.925 bits per heavy atom. The lowest BCUT2D eigenvalue weighted by Crippen LogP contribution is -2.60. The van der Waals surface area contributed by atoms with Crippen molar-refractivity contribution in [2.75, 3.05) is 26.4 Å². The van der Waals surface area contributed by atoms with Crippen molar-refractivity contribution in [1.82, 2.24) is 10.4 Å². The van der Waals surface area contributed by atoms with Crippen LogP contribution >= 0.6 is 0 Å². The standard InChI is InChI=1S/C24H38N2O14/c27-11-14-9-13(38-24-23(35)22(34)21(33)15(12-28)39-24)10-20(37-14)36-8-7-25-16(29)3-1-2-4-19(32)40-26-17(30)5-6-18(26)31/h13-15,20-24,27-28,33-35H,1-12H2,(H,25,29)/t13?,14?,15?,20?,21-,22?,23?,24+/m1/s1. The van der Waals surface area contributed by atoms with Gasteiger partial charge in [-0.1, -0.05) is 0 Å². The highest BCUT2D eigenvalue weighted by Crippen LogP contribution is 2.28. The first-order chi connectivity index (χ1) is 19.1. The molecule has 228 valence electrons. The van der Waals surface area contributed by atoms with Gasteiger partial charge < -0.3 is 54.6 Å². The molecule has 6 N–H and O–H groups in total. The molecule has 0 aromatic heterocycles. The molecule has 0 aliphatic carbocycles. The minimum Gasteiger partial charge on any atom is -0.394 e. The Morgan fingerprint density at radius 3 is 2.30 bits per heavy atom. The second-order valence-electron chi connectivity index (χ2n) is 9.77. The smallest absolute Gasteiger partial charge is 0.333 e. The predicted octanol–water partition coefficient (Wildman–Crippen LogP) is -3.03. The quantitative estimate of drug-likeness (QED) is 0.0890. The number of nitrogens with one attached hydrogen (secondary N) is 1. The number of imide groups is 1. The molecule has 0 spiro atoms. The number of hydrogen-bond acceptors (Lipinski definition) is 14. The SMILES string of the molecule is O=C(CCCCC(=O)ON1C(=O)CCC1=O)NCCOC1CC(O[C@H]2OC(CO)[C@@H](O)C(O)C2O)CC(CO)O1. The lowest BCUT2D eigenvalue weighted by molar-refractivity contribution is -0.325. The lowest BCUT2D eigenvalue weighted by Gasteiger charge is -2.42. The zero-order valence-electron chi connectivity index (χ0n) is 22.0. The molecule has 3 amide bonds. The van der Waals surface area contributed by atoms with Gasteiger partial charge in [-0.05, 0) is 12.8 Å². The van der Waals surface area contributed by atoms with E-state index in [9.17, 15) is 44.7 Å². The molecule has 3 aliphatic heterocycles. The van der Waals surface area contributed by atoms with Gasteiger partial charge in [0.1, 0.15) is 24.4 Å². The molecule has 8 atom stereocenters. The fourth-order valence-corrected chi connectivity index (χ4v) is 4.46. The zero-order chi connectivity index (χ0) is 29.2. The van der Waals surface area contributed by atoms with Crippen LogP contribution in [0.15, 0.2) is 0 Å². The highest BCUT2D eigenvalue weighted by molar-refractivity contribution is 6.01. The highest BCUT2D eigenvalue weighted by atomic mass is 16.7. The predicted molar refractivity (Wildman–Crippen MR) is 128 cm³/mol. The van der Waals surface area contributed by atoms with Gasteiger partial charge in [0.25, 0.3) is 11.8 Å². The van der Waals surface area contributed by atoms with Crippen molar-refractivity contribution in [2.24, 2.45) is 0 Å². The maximum atomic E-state index is 12.0. The summed E-state index contributed by atoms with van der Waals surface area (Å²) in [5, 5.41) is 52.1. The van der Waals surface area contributed by atoms with Gasteiger partial charge in [0.05, 0.1) is 32.0 Å². The summed E-state index contributed by atoms with van der Waals surface area (Å²) in [6, 6.07) is 0. The van der Waals surface area contributed by atoms with Crippen molar-refractivity contribution in [1.29, 1.82) is 0 Å². The van der Waals surface area contributed by atoms with Crippen LogP contribution < -0.4 is 5.32 Å². The third-order valence-electron chi connectivity index (χ3n) is 6.67. The summed E-state index contributed by atoms with van der Waals surface area (Å²) in [4.78, 5) is 51.5. The zero-order valence-corrected chi connectivity index (χ0v) is 22.0. The number of carbonyl (C=O) groups excluding carboxylic acids is 4. The number of aliphatic hydroxyl groups excluding tert-OH is 5. The second-order valence-corrected chi connectivity index (χ2v) is 9.77. The number of rotatable bonds is 14. The summed E-state index contributed by atoms with van der Waals surface area (Å²) in [6.07, 6.45) is -7.92. The Labute approximate surface area is 230 Å². The van der Waals surface area contributed by atoms with Gasteiger partial charge in [-0.3, -0.25) is 14.4 Å². The fourth-order valence-electron chi connectivity index (χ4n) is 4.46. The van der Waals surface area contributed by atoms with E-state index in [0.717, 1.165) is 0 Å². The summed E-state index contributed by atoms with van der Waals surface area (Å²) in [7, 11) is 0. The van der Waals surface area contributed by atoms with Crippen molar-refractivity contribution < 1.29 is 68.5 Å². The summed E-state index contributed by atoms with van der Waals surface area (Å²) in [5.74, 6) is -2.10. The van der Waals surface area contributed by atoms with Crippen LogP contribution in [0.25, 0.3) is 0 Å². The number of nitrogens with zero attached hydrogens (tertiary/aromatic N) is 1. The molecule has 0 aromatic rings. The van der Waals surface area contributed by atoms with Crippen molar-refractivity contribution >= 4 is 23.7 Å². The molecular weight excluding hydrogens is 540 g/mol. The largest absolute Gasteiger partial charge is 0.394 e. The molecule has 40 heavy (non-hydrogen) atoms. The van der Waals surface area contributed by atoms with E-state index in [2.05, 4.69) is 5.32 Å². The molecule has 0 bridgehead atoms. The molecular formula is C24H38N2O14. The van der Waals surface area contributed by atoms with Crippen molar-refractivity contribution in [3.63, 3.8) is 0 Å². The summed E-state index contributed by atoms with van der Waals surface area (Å²) >= 11 is 0. The first kappa shape index (κ1) is 32.2. The van der Waals surface area contributed by atoms with Crippen molar-refractivity contribution in [2.45, 2.75) is 101 Å². The minimum atomic E-state index is -1.58. The van der Waals surface area contributed by atoms with E-state index in [1.165, 1.54) is 0 Å². The van der Waals surface area contributed by atoms with Gasteiger partial charge in [0, 0.05) is 45.1 Å². The van der Waals surface area contributed by atoms with Crippen LogP contribution in [0.4, 0.5) is 0 Å². The van der Waals surface area contributed by atoms with Crippen LogP contribution in [0.1, 0.15) is 51.4 Å². The molecule has 3 aliphatic rings. The van der Waals surface area contributed by atoms with E-state index >= 15 is 0 Å². The van der Waals surface area contributed by atoms with E-state index in [4.69, 9.17) is 23.8 Å². The topological polar surface area (TPSA) is 231 Å². The molecule has 16 nitrogen and oxygen atoms in total. The maximum Gasteiger partial charge on any atom is 0.333 e. The Kier molecular flexibility index (Phi) is 12.6. The number of ether oxygens (including phenoxy) is 4. The first-order valence-electron chi connectivity index (χ1n) is 13.3. The molecule has 3 heterocycles. The van der Waals surface area contributed by atoms with Crippen LogP contribution in [-0.2, 0) is 43.0 Å². The Balaban J connectivity index is 1.31. The third-order valence-corrected chi connectivity index (χ3v) is 6.67. The Bertz CT molecular complexity index is 857. The molecule has 6 unspecified atom stereocenters.